The summed E-state index contributed by atoms with van der Waals surface area (Å²) in [6.45, 7) is 1.81. The van der Waals surface area contributed by atoms with Crippen molar-refractivity contribution in [1.82, 2.24) is 9.80 Å². The van der Waals surface area contributed by atoms with Crippen LogP contribution in [0.25, 0.3) is 0 Å². The summed E-state index contributed by atoms with van der Waals surface area (Å²) in [5, 5.41) is 48.3. The molecular formula is C27H34N4O7. The Bertz CT molecular complexity index is 1290. The average Bonchev–Trinajstić information content (AvgIpc) is 2.84. The first-order valence-corrected chi connectivity index (χ1v) is 12.8. The number of nitrogens with two attached hydrogens (primary N) is 1. The second kappa shape index (κ2) is 9.11. The van der Waals surface area contributed by atoms with Crippen molar-refractivity contribution in [1.29, 1.82) is 0 Å². The Morgan fingerprint density at radius 2 is 1.82 bits per heavy atom. The second-order valence-corrected chi connectivity index (χ2v) is 11.2. The number of carbonyl (C=O) groups is 3. The normalized spacial score (nSPS) is 30.3. The molecule has 0 aromatic heterocycles. The third kappa shape index (κ3) is 3.71. The molecule has 1 saturated heterocycles. The lowest BCUT2D eigenvalue weighted by Crippen LogP contribution is -2.63. The van der Waals surface area contributed by atoms with Crippen molar-refractivity contribution in [3.63, 3.8) is 0 Å². The third-order valence-corrected chi connectivity index (χ3v) is 8.67. The van der Waals surface area contributed by atoms with Crippen molar-refractivity contribution >= 4 is 23.2 Å². The number of rotatable bonds is 4. The number of carbonyl (C=O) groups excluding carboxylic acids is 3. The number of aliphatic hydroxyl groups excluding tert-OH is 2. The minimum absolute atomic E-state index is 0.0173. The molecule has 11 nitrogen and oxygen atoms in total. The maximum Gasteiger partial charge on any atom is 0.255 e. The monoisotopic (exact) mass is 526 g/mol. The Labute approximate surface area is 220 Å². The van der Waals surface area contributed by atoms with Crippen LogP contribution in [0.2, 0.25) is 0 Å². The number of phenolic OH excluding ortho intramolecular Hbond substituents is 1. The number of benzene rings is 1. The summed E-state index contributed by atoms with van der Waals surface area (Å²) in [6.07, 6.45) is 2.10. The summed E-state index contributed by atoms with van der Waals surface area (Å²) in [5.41, 5.74) is 2.78. The summed E-state index contributed by atoms with van der Waals surface area (Å²) < 4.78 is 0. The van der Waals surface area contributed by atoms with E-state index in [2.05, 4.69) is 10.2 Å². The van der Waals surface area contributed by atoms with Gasteiger partial charge in [-0.15, -0.1) is 0 Å². The van der Waals surface area contributed by atoms with Gasteiger partial charge in [-0.05, 0) is 77.5 Å². The third-order valence-electron chi connectivity index (χ3n) is 8.67. The van der Waals surface area contributed by atoms with Gasteiger partial charge in [0, 0.05) is 17.5 Å². The maximum atomic E-state index is 13.8. The fraction of sp³-hybridized carbons (Fsp3) is 0.519. The van der Waals surface area contributed by atoms with Crippen LogP contribution in [0, 0.1) is 11.8 Å². The van der Waals surface area contributed by atoms with Crippen LogP contribution in [0.1, 0.15) is 35.2 Å². The van der Waals surface area contributed by atoms with Crippen LogP contribution in [-0.2, 0) is 16.0 Å². The number of likely N-dealkylation sites (tertiary alicyclic amines) is 1. The number of piperidine rings is 1. The van der Waals surface area contributed by atoms with Gasteiger partial charge in [-0.1, -0.05) is 6.07 Å². The van der Waals surface area contributed by atoms with Crippen molar-refractivity contribution < 1.29 is 34.8 Å². The topological polar surface area (TPSA) is 177 Å². The van der Waals surface area contributed by atoms with Gasteiger partial charge in [-0.3, -0.25) is 19.3 Å². The van der Waals surface area contributed by atoms with Crippen LogP contribution in [0.15, 0.2) is 34.8 Å². The average molecular weight is 527 g/mol. The quantitative estimate of drug-likeness (QED) is 0.241. The highest BCUT2D eigenvalue weighted by atomic mass is 16.3. The second-order valence-electron chi connectivity index (χ2n) is 11.2. The molecule has 1 aromatic rings. The molecule has 0 saturated carbocycles. The summed E-state index contributed by atoms with van der Waals surface area (Å²) in [4.78, 5) is 43.0. The molecule has 7 N–H and O–H groups in total. The molecule has 1 aromatic carbocycles. The van der Waals surface area contributed by atoms with Gasteiger partial charge < -0.3 is 36.4 Å². The van der Waals surface area contributed by atoms with Gasteiger partial charge >= 0.3 is 0 Å². The van der Waals surface area contributed by atoms with Gasteiger partial charge in [0.05, 0.1) is 17.3 Å². The Balaban J connectivity index is 1.58. The number of aromatic hydroxyl groups is 1. The van der Waals surface area contributed by atoms with Crippen molar-refractivity contribution in [2.24, 2.45) is 17.6 Å². The molecule has 1 fully saturated rings. The molecule has 5 rings (SSSR count). The molecule has 3 aliphatic carbocycles. The molecule has 11 heteroatoms. The van der Waals surface area contributed by atoms with Crippen molar-refractivity contribution in [2.45, 2.75) is 43.4 Å². The smallest absolute Gasteiger partial charge is 0.255 e. The number of fused-ring (bicyclic) bond motifs is 3. The van der Waals surface area contributed by atoms with E-state index in [-0.39, 0.29) is 35.8 Å². The lowest BCUT2D eigenvalue weighted by atomic mass is 9.58. The first-order chi connectivity index (χ1) is 17.9. The van der Waals surface area contributed by atoms with E-state index in [0.717, 1.165) is 25.9 Å². The molecule has 204 valence electrons. The van der Waals surface area contributed by atoms with E-state index < -0.39 is 58.0 Å². The molecule has 4 aliphatic rings. The lowest BCUT2D eigenvalue weighted by Gasteiger charge is -2.50. The Kier molecular flexibility index (Phi) is 6.28. The summed E-state index contributed by atoms with van der Waals surface area (Å²) in [6, 6.07) is 2.64. The number of primary amides is 1. The van der Waals surface area contributed by atoms with E-state index in [0.29, 0.717) is 11.3 Å². The zero-order chi connectivity index (χ0) is 27.7. The molecule has 1 amide bonds. The van der Waals surface area contributed by atoms with Crippen LogP contribution in [0.4, 0.5) is 5.69 Å². The molecule has 1 aliphatic heterocycles. The Morgan fingerprint density at radius 3 is 2.42 bits per heavy atom. The van der Waals surface area contributed by atoms with Crippen LogP contribution in [-0.4, -0.2) is 99.6 Å². The number of anilines is 1. The van der Waals surface area contributed by atoms with Gasteiger partial charge in [0.2, 0.25) is 5.78 Å². The number of aliphatic hydroxyl groups is 3. The predicted molar refractivity (Wildman–Crippen MR) is 138 cm³/mol. The molecule has 0 unspecified atom stereocenters. The van der Waals surface area contributed by atoms with E-state index in [4.69, 9.17) is 5.73 Å². The zero-order valence-electron chi connectivity index (χ0n) is 21.7. The number of nitrogens with zero attached hydrogens (tertiary/aromatic N) is 2. The van der Waals surface area contributed by atoms with E-state index in [9.17, 15) is 34.8 Å². The van der Waals surface area contributed by atoms with Gasteiger partial charge in [-0.25, -0.2) is 0 Å². The molecular weight excluding hydrogens is 492 g/mol. The number of allylic oxidation sites excluding steroid dienone is 1. The molecule has 1 heterocycles. The Morgan fingerprint density at radius 1 is 1.16 bits per heavy atom. The lowest BCUT2D eigenvalue weighted by molar-refractivity contribution is -0.148. The number of likely N-dealkylation sites (N-methyl/N-ethyl adjacent to an activating group) is 1. The molecule has 0 radical (unpaired) electrons. The fourth-order valence-corrected chi connectivity index (χ4v) is 6.71. The first-order valence-electron chi connectivity index (χ1n) is 12.8. The number of Topliss-reactive ketones (excluding diaryl/α,β-unsaturated/α-hetero) is 2. The summed E-state index contributed by atoms with van der Waals surface area (Å²) in [5.74, 6) is -6.45. The highest BCUT2D eigenvalue weighted by molar-refractivity contribution is 6.24. The highest BCUT2D eigenvalue weighted by Crippen LogP contribution is 2.52. The fourth-order valence-electron chi connectivity index (χ4n) is 6.71. The Hall–Kier alpha value is -3.41. The molecule has 38 heavy (non-hydrogen) atoms. The van der Waals surface area contributed by atoms with E-state index in [1.54, 1.807) is 26.2 Å². The van der Waals surface area contributed by atoms with Crippen molar-refractivity contribution in [3.05, 3.63) is 45.9 Å². The highest BCUT2D eigenvalue weighted by Gasteiger charge is 2.63. The number of hydrogen-bond acceptors (Lipinski definition) is 10. The van der Waals surface area contributed by atoms with Crippen LogP contribution < -0.4 is 11.1 Å². The van der Waals surface area contributed by atoms with Crippen molar-refractivity contribution in [3.8, 4) is 5.75 Å². The first kappa shape index (κ1) is 26.2. The summed E-state index contributed by atoms with van der Waals surface area (Å²) in [7, 11) is 5.25. The molecule has 0 spiro atoms. The number of amides is 1. The predicted octanol–water partition coefficient (Wildman–Crippen LogP) is 0.627. The minimum atomic E-state index is -2.63. The molecule has 4 atom stereocenters. The summed E-state index contributed by atoms with van der Waals surface area (Å²) >= 11 is 0. The van der Waals surface area contributed by atoms with Crippen LogP contribution >= 0.6 is 0 Å². The SMILES string of the molecule is CN1CCC(Nc2ccc3c(c2O)C(=O)C2=C(O)[C@@]4(O)C(=O)C(C(N)=O)=C(O)[C@H](N(C)C)[C@H]4C[C@H]2C3)CC1. The van der Waals surface area contributed by atoms with Crippen LogP contribution in [0.5, 0.6) is 5.75 Å². The number of nitrogens with one attached hydrogen (secondary N) is 1. The van der Waals surface area contributed by atoms with Gasteiger partial charge in [0.15, 0.2) is 11.4 Å². The van der Waals surface area contributed by atoms with Crippen LogP contribution in [0.3, 0.4) is 0 Å². The zero-order valence-corrected chi connectivity index (χ0v) is 21.7. The number of hydrogen-bond donors (Lipinski definition) is 6. The maximum absolute atomic E-state index is 13.8. The van der Waals surface area contributed by atoms with Gasteiger partial charge in [0.25, 0.3) is 5.91 Å². The van der Waals surface area contributed by atoms with Gasteiger partial charge in [0.1, 0.15) is 22.8 Å². The van der Waals surface area contributed by atoms with E-state index >= 15 is 0 Å². The standard InChI is InChI=1S/C27H34N4O7/c1-30(2)20-15-11-13-10-12-4-5-16(29-14-6-8-31(3)9-7-14)21(32)17(12)22(33)18(13)24(35)27(15,38)25(36)19(23(20)34)26(28)37/h4-5,13-15,20,29,32,34-35,38H,6-11H2,1-3H3,(H2,28,37)/t13-,15-,20-,27-/m1/s1. The van der Waals surface area contributed by atoms with Crippen molar-refractivity contribution in [2.75, 3.05) is 39.5 Å². The van der Waals surface area contributed by atoms with Gasteiger partial charge in [-0.2, -0.15) is 0 Å². The van der Waals surface area contributed by atoms with E-state index in [1.807, 2.05) is 7.05 Å². The number of phenols is 1. The largest absolute Gasteiger partial charge is 0.510 e. The minimum Gasteiger partial charge on any atom is -0.510 e. The number of ketones is 2. The van der Waals surface area contributed by atoms with E-state index in [1.165, 1.54) is 4.90 Å². The molecule has 0 bridgehead atoms.